The van der Waals surface area contributed by atoms with Gasteiger partial charge >= 0.3 is 0 Å². The predicted molar refractivity (Wildman–Crippen MR) is 83.6 cm³/mol. The van der Waals surface area contributed by atoms with Crippen molar-refractivity contribution >= 4 is 22.9 Å². The highest BCUT2D eigenvalue weighted by atomic mass is 16.5. The molecule has 2 aliphatic rings. The highest BCUT2D eigenvalue weighted by Crippen LogP contribution is 2.49. The number of H-pyrrole nitrogens is 1. The molecule has 1 heterocycles. The molecule has 4 atom stereocenters. The summed E-state index contributed by atoms with van der Waals surface area (Å²) >= 11 is 0. The van der Waals surface area contributed by atoms with Crippen molar-refractivity contribution < 1.29 is 9.53 Å². The molecule has 0 aliphatic heterocycles. The molecule has 0 radical (unpaired) electrons. The van der Waals surface area contributed by atoms with Crippen LogP contribution >= 0.6 is 0 Å². The Hall–Kier alpha value is -2.08. The molecular weight excluding hydrogens is 280 g/mol. The fourth-order valence-electron chi connectivity index (χ4n) is 3.94. The molecule has 4 rings (SSSR count). The molecule has 1 aromatic carbocycles. The lowest BCUT2D eigenvalue weighted by Crippen LogP contribution is -2.44. The highest BCUT2D eigenvalue weighted by molar-refractivity contribution is 5.93. The number of rotatable bonds is 3. The second-order valence-corrected chi connectivity index (χ2v) is 6.42. The van der Waals surface area contributed by atoms with Gasteiger partial charge in [-0.25, -0.2) is 4.98 Å². The van der Waals surface area contributed by atoms with E-state index >= 15 is 0 Å². The Labute approximate surface area is 128 Å². The molecule has 2 aromatic rings. The summed E-state index contributed by atoms with van der Waals surface area (Å²) in [5, 5.41) is 2.91. The van der Waals surface area contributed by atoms with Crippen LogP contribution in [0, 0.1) is 17.8 Å². The number of hydrogen-bond acceptors (Lipinski definition) is 4. The first-order valence-electron chi connectivity index (χ1n) is 7.75. The van der Waals surface area contributed by atoms with Gasteiger partial charge in [0.05, 0.1) is 12.6 Å². The summed E-state index contributed by atoms with van der Waals surface area (Å²) in [7, 11) is 1.61. The van der Waals surface area contributed by atoms with Crippen LogP contribution in [0.15, 0.2) is 18.2 Å². The fraction of sp³-hybridized carbons (Fsp3) is 0.500. The van der Waals surface area contributed by atoms with Crippen molar-refractivity contribution in [2.45, 2.75) is 25.3 Å². The van der Waals surface area contributed by atoms with Gasteiger partial charge in [-0.1, -0.05) is 6.07 Å². The van der Waals surface area contributed by atoms with Gasteiger partial charge in [0.15, 0.2) is 0 Å². The van der Waals surface area contributed by atoms with E-state index in [0.717, 1.165) is 30.3 Å². The van der Waals surface area contributed by atoms with Gasteiger partial charge < -0.3 is 15.5 Å². The predicted octanol–water partition coefficient (Wildman–Crippen LogP) is 1.88. The second-order valence-electron chi connectivity index (χ2n) is 6.42. The molecule has 1 aromatic heterocycles. The highest BCUT2D eigenvalue weighted by Gasteiger charge is 2.47. The number of aromatic amines is 1. The molecule has 4 N–H and O–H groups in total. The van der Waals surface area contributed by atoms with Crippen LogP contribution in [0.3, 0.4) is 0 Å². The van der Waals surface area contributed by atoms with Gasteiger partial charge in [0.2, 0.25) is 11.9 Å². The number of nitrogens with zero attached hydrogens (tertiary/aromatic N) is 1. The van der Waals surface area contributed by atoms with Gasteiger partial charge in [0.1, 0.15) is 11.3 Å². The van der Waals surface area contributed by atoms with E-state index in [-0.39, 0.29) is 11.8 Å². The number of aromatic nitrogens is 2. The Morgan fingerprint density at radius 3 is 3.00 bits per heavy atom. The van der Waals surface area contributed by atoms with Gasteiger partial charge in [-0.15, -0.1) is 0 Å². The molecule has 2 fully saturated rings. The van der Waals surface area contributed by atoms with Crippen LogP contribution in [0.5, 0.6) is 5.75 Å². The van der Waals surface area contributed by atoms with Crippen LogP contribution in [0.25, 0.3) is 11.0 Å². The maximum Gasteiger partial charge on any atom is 0.229 e. The summed E-state index contributed by atoms with van der Waals surface area (Å²) in [6.07, 6.45) is 2.92. The minimum Gasteiger partial charge on any atom is -0.494 e. The molecule has 4 unspecified atom stereocenters. The maximum absolute atomic E-state index is 12.4. The Balaban J connectivity index is 1.50. The number of anilines is 1. The van der Waals surface area contributed by atoms with E-state index in [2.05, 4.69) is 15.3 Å². The zero-order chi connectivity index (χ0) is 15.3. The number of imidazole rings is 1. The topological polar surface area (TPSA) is 93.0 Å². The largest absolute Gasteiger partial charge is 0.494 e. The summed E-state index contributed by atoms with van der Waals surface area (Å²) in [6, 6.07) is 5.94. The molecule has 22 heavy (non-hydrogen) atoms. The van der Waals surface area contributed by atoms with Crippen molar-refractivity contribution in [3.63, 3.8) is 0 Å². The molecular formula is C16H20N4O2. The minimum absolute atomic E-state index is 0.0413. The maximum atomic E-state index is 12.4. The van der Waals surface area contributed by atoms with Crippen molar-refractivity contribution in [3.05, 3.63) is 18.2 Å². The van der Waals surface area contributed by atoms with Crippen molar-refractivity contribution in [2.75, 3.05) is 12.4 Å². The van der Waals surface area contributed by atoms with Crippen molar-refractivity contribution in [1.29, 1.82) is 0 Å². The molecule has 6 nitrogen and oxygen atoms in total. The number of ether oxygens (including phenoxy) is 1. The second kappa shape index (κ2) is 4.98. The lowest BCUT2D eigenvalue weighted by atomic mass is 9.72. The average molecular weight is 300 g/mol. The number of benzene rings is 1. The smallest absolute Gasteiger partial charge is 0.229 e. The zero-order valence-electron chi connectivity index (χ0n) is 12.5. The first-order valence-corrected chi connectivity index (χ1v) is 7.75. The van der Waals surface area contributed by atoms with Gasteiger partial charge in [0, 0.05) is 12.0 Å². The Kier molecular flexibility index (Phi) is 3.07. The third-order valence-corrected chi connectivity index (χ3v) is 5.18. The normalized spacial score (nSPS) is 29.9. The quantitative estimate of drug-likeness (QED) is 0.807. The zero-order valence-corrected chi connectivity index (χ0v) is 12.5. The number of nitrogens with one attached hydrogen (secondary N) is 2. The standard InChI is InChI=1S/C16H20N4O2/c1-22-13-4-2-3-12-14(13)19-16(18-12)20-15(21)9-5-8-7-11(17)10(8)6-9/h2-4,8-11H,5-7,17H2,1H3,(H2,18,19,20,21). The average Bonchev–Trinajstić information content (AvgIpc) is 3.06. The first kappa shape index (κ1) is 13.6. The number of fused-ring (bicyclic) bond motifs is 2. The lowest BCUT2D eigenvalue weighted by Gasteiger charge is -2.37. The Bertz CT molecular complexity index is 726. The van der Waals surface area contributed by atoms with Crippen LogP contribution in [0.1, 0.15) is 19.3 Å². The lowest BCUT2D eigenvalue weighted by molar-refractivity contribution is -0.119. The van der Waals surface area contributed by atoms with Crippen LogP contribution in [-0.2, 0) is 4.79 Å². The van der Waals surface area contributed by atoms with Gasteiger partial charge in [-0.3, -0.25) is 10.1 Å². The third kappa shape index (κ3) is 2.06. The number of carbonyl (C=O) groups is 1. The summed E-state index contributed by atoms with van der Waals surface area (Å²) in [5.74, 6) is 2.44. The molecule has 2 aliphatic carbocycles. The number of methoxy groups -OCH3 is 1. The molecule has 6 heteroatoms. The van der Waals surface area contributed by atoms with Gasteiger partial charge in [-0.2, -0.15) is 0 Å². The van der Waals surface area contributed by atoms with E-state index < -0.39 is 0 Å². The molecule has 116 valence electrons. The molecule has 2 saturated carbocycles. The summed E-state index contributed by atoms with van der Waals surface area (Å²) < 4.78 is 5.28. The number of nitrogens with two attached hydrogens (primary N) is 1. The van der Waals surface area contributed by atoms with Crippen molar-refractivity contribution in [3.8, 4) is 5.75 Å². The summed E-state index contributed by atoms with van der Waals surface area (Å²) in [4.78, 5) is 20.0. The first-order chi connectivity index (χ1) is 10.7. The SMILES string of the molecule is COc1cccc2[nH]c(NC(=O)C3CC4CC(N)C4C3)nc12. The monoisotopic (exact) mass is 300 g/mol. The number of amides is 1. The number of para-hydroxylation sites is 1. The summed E-state index contributed by atoms with van der Waals surface area (Å²) in [6.45, 7) is 0. The van der Waals surface area contributed by atoms with Crippen LogP contribution in [0.4, 0.5) is 5.95 Å². The van der Waals surface area contributed by atoms with E-state index in [9.17, 15) is 4.79 Å². The van der Waals surface area contributed by atoms with Gasteiger partial charge in [0.25, 0.3) is 0 Å². The molecule has 1 amide bonds. The Morgan fingerprint density at radius 1 is 1.41 bits per heavy atom. The number of carbonyl (C=O) groups excluding carboxylic acids is 1. The van der Waals surface area contributed by atoms with Crippen LogP contribution in [0.2, 0.25) is 0 Å². The van der Waals surface area contributed by atoms with E-state index in [1.165, 1.54) is 0 Å². The van der Waals surface area contributed by atoms with E-state index in [0.29, 0.717) is 29.6 Å². The Morgan fingerprint density at radius 2 is 2.27 bits per heavy atom. The van der Waals surface area contributed by atoms with Gasteiger partial charge in [-0.05, 0) is 43.2 Å². The van der Waals surface area contributed by atoms with E-state index in [4.69, 9.17) is 10.5 Å². The van der Waals surface area contributed by atoms with E-state index in [1.54, 1.807) is 7.11 Å². The molecule has 0 spiro atoms. The van der Waals surface area contributed by atoms with Crippen molar-refractivity contribution in [1.82, 2.24) is 9.97 Å². The van der Waals surface area contributed by atoms with Crippen molar-refractivity contribution in [2.24, 2.45) is 23.5 Å². The summed E-state index contributed by atoms with van der Waals surface area (Å²) in [5.41, 5.74) is 7.58. The fourth-order valence-corrected chi connectivity index (χ4v) is 3.94. The number of hydrogen-bond donors (Lipinski definition) is 3. The molecule has 0 bridgehead atoms. The van der Waals surface area contributed by atoms with Crippen LogP contribution in [-0.4, -0.2) is 29.0 Å². The van der Waals surface area contributed by atoms with Crippen LogP contribution < -0.4 is 15.8 Å². The van der Waals surface area contributed by atoms with E-state index in [1.807, 2.05) is 18.2 Å². The molecule has 0 saturated heterocycles. The third-order valence-electron chi connectivity index (χ3n) is 5.18. The minimum atomic E-state index is 0.0413.